The molecular formula is C11H23F3O4SSi. The van der Waals surface area contributed by atoms with Gasteiger partial charge < -0.3 is 4.43 Å². The SMILES string of the molecule is CC[Si](CC)(CC)OC(CCOS(C)(=O)=O)C(F)(F)F. The quantitative estimate of drug-likeness (QED) is 0.479. The van der Waals surface area contributed by atoms with Crippen LogP contribution >= 0.6 is 0 Å². The molecule has 0 spiro atoms. The minimum absolute atomic E-state index is 0.509. The van der Waals surface area contributed by atoms with Crippen LogP contribution in [0.2, 0.25) is 18.1 Å². The Labute approximate surface area is 119 Å². The minimum Gasteiger partial charge on any atom is -0.405 e. The Hall–Kier alpha value is -0.123. The molecule has 20 heavy (non-hydrogen) atoms. The molecular weight excluding hydrogens is 313 g/mol. The lowest BCUT2D eigenvalue weighted by Crippen LogP contribution is -2.46. The van der Waals surface area contributed by atoms with Gasteiger partial charge >= 0.3 is 6.18 Å². The summed E-state index contributed by atoms with van der Waals surface area (Å²) < 4.78 is 70.3. The molecule has 0 heterocycles. The lowest BCUT2D eigenvalue weighted by atomic mass is 10.2. The Morgan fingerprint density at radius 2 is 1.55 bits per heavy atom. The zero-order chi connectivity index (χ0) is 16.0. The van der Waals surface area contributed by atoms with Crippen LogP contribution in [0.15, 0.2) is 0 Å². The molecule has 4 nitrogen and oxygen atoms in total. The largest absolute Gasteiger partial charge is 0.413 e. The van der Waals surface area contributed by atoms with E-state index in [1.54, 1.807) is 0 Å². The first kappa shape index (κ1) is 19.9. The standard InChI is InChI=1S/C11H23F3O4SSi/c1-5-20(6-2,7-3)18-10(11(12,13)14)8-9-17-19(4,15)16/h10H,5-9H2,1-4H3. The van der Waals surface area contributed by atoms with Crippen LogP contribution in [0.3, 0.4) is 0 Å². The molecule has 0 rings (SSSR count). The van der Waals surface area contributed by atoms with E-state index in [9.17, 15) is 21.6 Å². The normalized spacial score (nSPS) is 15.3. The highest BCUT2D eigenvalue weighted by molar-refractivity contribution is 7.85. The maximum atomic E-state index is 13.0. The molecule has 0 amide bonds. The summed E-state index contributed by atoms with van der Waals surface area (Å²) in [7, 11) is -6.15. The molecule has 0 saturated heterocycles. The zero-order valence-electron chi connectivity index (χ0n) is 12.3. The van der Waals surface area contributed by atoms with Gasteiger partial charge in [-0.3, -0.25) is 4.18 Å². The molecule has 0 aromatic rings. The summed E-state index contributed by atoms with van der Waals surface area (Å²) >= 11 is 0. The van der Waals surface area contributed by atoms with Gasteiger partial charge in [-0.15, -0.1) is 0 Å². The number of hydrogen-bond acceptors (Lipinski definition) is 4. The van der Waals surface area contributed by atoms with Gasteiger partial charge in [0.15, 0.2) is 8.32 Å². The van der Waals surface area contributed by atoms with E-state index in [0.29, 0.717) is 18.1 Å². The van der Waals surface area contributed by atoms with E-state index < -0.39 is 43.7 Å². The van der Waals surface area contributed by atoms with Crippen LogP contribution in [0.1, 0.15) is 27.2 Å². The summed E-state index contributed by atoms with van der Waals surface area (Å²) in [6, 6.07) is 1.79. The van der Waals surface area contributed by atoms with Crippen molar-refractivity contribution in [1.82, 2.24) is 0 Å². The summed E-state index contributed by atoms with van der Waals surface area (Å²) in [4.78, 5) is 0. The van der Waals surface area contributed by atoms with Gasteiger partial charge in [0.25, 0.3) is 10.1 Å². The predicted octanol–water partition coefficient (Wildman–Crippen LogP) is 3.31. The summed E-state index contributed by atoms with van der Waals surface area (Å²) in [5.74, 6) is 0. The highest BCUT2D eigenvalue weighted by Crippen LogP contribution is 2.32. The molecule has 0 aromatic carbocycles. The van der Waals surface area contributed by atoms with E-state index in [2.05, 4.69) is 4.18 Å². The Bertz CT molecular complexity index is 371. The molecule has 0 bridgehead atoms. The van der Waals surface area contributed by atoms with Crippen molar-refractivity contribution in [2.75, 3.05) is 12.9 Å². The van der Waals surface area contributed by atoms with Crippen molar-refractivity contribution < 1.29 is 30.2 Å². The Balaban J connectivity index is 4.82. The van der Waals surface area contributed by atoms with Crippen molar-refractivity contribution in [2.45, 2.75) is 57.6 Å². The molecule has 1 unspecified atom stereocenters. The summed E-state index contributed by atoms with van der Waals surface area (Å²) in [5.41, 5.74) is 0. The minimum atomic E-state index is -4.52. The second-order valence-electron chi connectivity index (χ2n) is 4.71. The van der Waals surface area contributed by atoms with Crippen LogP contribution < -0.4 is 0 Å². The molecule has 122 valence electrons. The van der Waals surface area contributed by atoms with E-state index in [4.69, 9.17) is 4.43 Å². The average molecular weight is 336 g/mol. The molecule has 0 aliphatic rings. The molecule has 1 atom stereocenters. The summed E-state index contributed by atoms with van der Waals surface area (Å²) in [5, 5.41) is 0. The molecule has 0 aliphatic heterocycles. The molecule has 0 aliphatic carbocycles. The first-order chi connectivity index (χ1) is 8.99. The van der Waals surface area contributed by atoms with Crippen molar-refractivity contribution in [3.8, 4) is 0 Å². The first-order valence-corrected chi connectivity index (χ1v) is 10.9. The summed E-state index contributed by atoms with van der Waals surface area (Å²) in [6.45, 7) is 4.98. The van der Waals surface area contributed by atoms with Crippen LogP contribution in [0, 0.1) is 0 Å². The van der Waals surface area contributed by atoms with Gasteiger partial charge in [-0.05, 0) is 18.1 Å². The fourth-order valence-electron chi connectivity index (χ4n) is 1.90. The summed E-state index contributed by atoms with van der Waals surface area (Å²) in [6.07, 6.45) is -6.18. The van der Waals surface area contributed by atoms with E-state index in [0.717, 1.165) is 6.26 Å². The van der Waals surface area contributed by atoms with Gasteiger partial charge in [0.2, 0.25) is 0 Å². The molecule has 0 saturated carbocycles. The monoisotopic (exact) mass is 336 g/mol. The third-order valence-electron chi connectivity index (χ3n) is 3.37. The highest BCUT2D eigenvalue weighted by Gasteiger charge is 2.45. The molecule has 0 aromatic heterocycles. The zero-order valence-corrected chi connectivity index (χ0v) is 14.1. The average Bonchev–Trinajstić information content (AvgIpc) is 2.31. The Morgan fingerprint density at radius 3 is 1.85 bits per heavy atom. The van der Waals surface area contributed by atoms with Gasteiger partial charge in [0.1, 0.15) is 6.10 Å². The van der Waals surface area contributed by atoms with E-state index in [1.165, 1.54) is 0 Å². The van der Waals surface area contributed by atoms with Crippen molar-refractivity contribution in [3.05, 3.63) is 0 Å². The van der Waals surface area contributed by atoms with Crippen molar-refractivity contribution in [3.63, 3.8) is 0 Å². The predicted molar refractivity (Wildman–Crippen MR) is 73.5 cm³/mol. The van der Waals surface area contributed by atoms with Gasteiger partial charge in [-0.1, -0.05) is 20.8 Å². The van der Waals surface area contributed by atoms with Crippen LogP contribution in [-0.4, -0.2) is 41.9 Å². The number of alkyl halides is 3. The second kappa shape index (κ2) is 7.76. The number of rotatable bonds is 9. The van der Waals surface area contributed by atoms with Gasteiger partial charge in [0, 0.05) is 6.42 Å². The van der Waals surface area contributed by atoms with Crippen LogP contribution in [0.25, 0.3) is 0 Å². The molecule has 9 heteroatoms. The van der Waals surface area contributed by atoms with E-state index in [1.807, 2.05) is 20.8 Å². The molecule has 0 radical (unpaired) electrons. The van der Waals surface area contributed by atoms with Gasteiger partial charge in [-0.25, -0.2) is 0 Å². The van der Waals surface area contributed by atoms with Gasteiger partial charge in [-0.2, -0.15) is 21.6 Å². The topological polar surface area (TPSA) is 52.6 Å². The smallest absolute Gasteiger partial charge is 0.405 e. The highest BCUT2D eigenvalue weighted by atomic mass is 32.2. The maximum Gasteiger partial charge on any atom is 0.413 e. The number of hydrogen-bond donors (Lipinski definition) is 0. The Morgan fingerprint density at radius 1 is 1.10 bits per heavy atom. The first-order valence-electron chi connectivity index (χ1n) is 6.58. The number of halogens is 3. The van der Waals surface area contributed by atoms with E-state index in [-0.39, 0.29) is 0 Å². The lowest BCUT2D eigenvalue weighted by molar-refractivity contribution is -0.201. The van der Waals surface area contributed by atoms with E-state index >= 15 is 0 Å². The lowest BCUT2D eigenvalue weighted by Gasteiger charge is -2.34. The second-order valence-corrected chi connectivity index (χ2v) is 11.1. The van der Waals surface area contributed by atoms with Crippen LogP contribution in [-0.2, 0) is 18.7 Å². The van der Waals surface area contributed by atoms with Gasteiger partial charge in [0.05, 0.1) is 12.9 Å². The third kappa shape index (κ3) is 7.05. The van der Waals surface area contributed by atoms with Crippen LogP contribution in [0.4, 0.5) is 13.2 Å². The Kier molecular flexibility index (Phi) is 7.72. The molecule has 0 fully saturated rings. The van der Waals surface area contributed by atoms with Crippen LogP contribution in [0.5, 0.6) is 0 Å². The van der Waals surface area contributed by atoms with Crippen molar-refractivity contribution >= 4 is 18.4 Å². The van der Waals surface area contributed by atoms with Crippen molar-refractivity contribution in [1.29, 1.82) is 0 Å². The maximum absolute atomic E-state index is 13.0. The fourth-order valence-corrected chi connectivity index (χ4v) is 5.15. The third-order valence-corrected chi connectivity index (χ3v) is 8.61. The molecule has 0 N–H and O–H groups in total. The van der Waals surface area contributed by atoms with Crippen molar-refractivity contribution in [2.24, 2.45) is 0 Å². The fraction of sp³-hybridized carbons (Fsp3) is 1.00.